The fourth-order valence-electron chi connectivity index (χ4n) is 3.73. The number of aliphatic carboxylic acids is 1. The van der Waals surface area contributed by atoms with Gasteiger partial charge in [-0.15, -0.1) is 0 Å². The number of halogens is 1. The maximum Gasteiger partial charge on any atom is 0.255 e. The Balaban J connectivity index is 1.86. The highest BCUT2D eigenvalue weighted by Gasteiger charge is 2.41. The third-order valence-corrected chi connectivity index (χ3v) is 4.98. The standard InChI is InChI=1S/C22H17FN2O3/c23-16-9-7-14(8-10-16)13-25-20(15-4-3-11-24-12-15)19(22(27)28)17-5-1-2-6-18(17)21(25)26/h1-12,19-20H,13H2,(H,27,28)/p-1/t19-,20+/m0/s1. The predicted octanol–water partition coefficient (Wildman–Crippen LogP) is 2.45. The summed E-state index contributed by atoms with van der Waals surface area (Å²) in [5, 5.41) is 12.1. The van der Waals surface area contributed by atoms with Crippen molar-refractivity contribution < 1.29 is 19.1 Å². The summed E-state index contributed by atoms with van der Waals surface area (Å²) in [5.41, 5.74) is 2.05. The summed E-state index contributed by atoms with van der Waals surface area (Å²) in [6, 6.07) is 15.1. The van der Waals surface area contributed by atoms with Gasteiger partial charge in [0.15, 0.2) is 0 Å². The van der Waals surface area contributed by atoms with E-state index >= 15 is 0 Å². The van der Waals surface area contributed by atoms with E-state index in [4.69, 9.17) is 0 Å². The van der Waals surface area contributed by atoms with Crippen LogP contribution < -0.4 is 5.11 Å². The Kier molecular flexibility index (Phi) is 4.61. The van der Waals surface area contributed by atoms with Gasteiger partial charge in [0.2, 0.25) is 0 Å². The lowest BCUT2D eigenvalue weighted by molar-refractivity contribution is -0.309. The lowest BCUT2D eigenvalue weighted by atomic mass is 9.80. The number of pyridine rings is 1. The van der Waals surface area contributed by atoms with Crippen LogP contribution in [-0.2, 0) is 11.3 Å². The summed E-state index contributed by atoms with van der Waals surface area (Å²) >= 11 is 0. The molecule has 140 valence electrons. The second-order valence-electron chi connectivity index (χ2n) is 6.67. The van der Waals surface area contributed by atoms with Crippen LogP contribution >= 0.6 is 0 Å². The van der Waals surface area contributed by atoms with E-state index in [1.54, 1.807) is 60.9 Å². The Bertz CT molecular complexity index is 1020. The van der Waals surface area contributed by atoms with Gasteiger partial charge in [0.25, 0.3) is 5.91 Å². The molecule has 0 N–H and O–H groups in total. The third-order valence-electron chi connectivity index (χ3n) is 4.98. The molecule has 0 spiro atoms. The minimum absolute atomic E-state index is 0.136. The number of carboxylic acid groups (broad SMARTS) is 1. The van der Waals surface area contributed by atoms with Crippen molar-refractivity contribution >= 4 is 11.9 Å². The molecular formula is C22H16FN2O3-. The zero-order chi connectivity index (χ0) is 19.7. The zero-order valence-corrected chi connectivity index (χ0v) is 14.8. The van der Waals surface area contributed by atoms with Crippen LogP contribution in [-0.4, -0.2) is 21.8 Å². The Morgan fingerprint density at radius 1 is 1.07 bits per heavy atom. The quantitative estimate of drug-likeness (QED) is 0.702. The van der Waals surface area contributed by atoms with Crippen molar-refractivity contribution in [1.29, 1.82) is 0 Å². The average molecular weight is 375 g/mol. The highest BCUT2D eigenvalue weighted by Crippen LogP contribution is 2.42. The van der Waals surface area contributed by atoms with Gasteiger partial charge in [-0.05, 0) is 41.0 Å². The molecule has 2 aromatic carbocycles. The van der Waals surface area contributed by atoms with E-state index in [0.29, 0.717) is 22.3 Å². The van der Waals surface area contributed by atoms with Gasteiger partial charge in [0.05, 0.1) is 12.0 Å². The van der Waals surface area contributed by atoms with Gasteiger partial charge < -0.3 is 14.8 Å². The van der Waals surface area contributed by atoms with Gasteiger partial charge in [0, 0.05) is 30.4 Å². The molecule has 0 unspecified atom stereocenters. The Morgan fingerprint density at radius 2 is 1.82 bits per heavy atom. The van der Waals surface area contributed by atoms with Gasteiger partial charge in [-0.3, -0.25) is 9.78 Å². The molecule has 6 heteroatoms. The molecule has 3 aromatic rings. The predicted molar refractivity (Wildman–Crippen MR) is 97.4 cm³/mol. The van der Waals surface area contributed by atoms with Crippen LogP contribution in [0, 0.1) is 5.82 Å². The number of hydrogen-bond acceptors (Lipinski definition) is 4. The first-order valence-electron chi connectivity index (χ1n) is 8.81. The number of carbonyl (C=O) groups excluding carboxylic acids is 2. The number of fused-ring (bicyclic) bond motifs is 1. The number of amides is 1. The second-order valence-corrected chi connectivity index (χ2v) is 6.67. The van der Waals surface area contributed by atoms with Crippen LogP contribution in [0.5, 0.6) is 0 Å². The number of carboxylic acids is 1. The molecule has 0 radical (unpaired) electrons. The van der Waals surface area contributed by atoms with E-state index < -0.39 is 17.9 Å². The molecule has 1 aliphatic heterocycles. The van der Waals surface area contributed by atoms with E-state index in [1.807, 2.05) is 0 Å². The minimum Gasteiger partial charge on any atom is -0.549 e. The van der Waals surface area contributed by atoms with Crippen LogP contribution in [0.3, 0.4) is 0 Å². The topological polar surface area (TPSA) is 73.3 Å². The smallest absolute Gasteiger partial charge is 0.255 e. The summed E-state index contributed by atoms with van der Waals surface area (Å²) in [5.74, 6) is -2.97. The molecule has 0 aliphatic carbocycles. The molecule has 0 fully saturated rings. The molecular weight excluding hydrogens is 359 g/mol. The summed E-state index contributed by atoms with van der Waals surface area (Å²) < 4.78 is 13.3. The maximum absolute atomic E-state index is 13.3. The number of aromatic nitrogens is 1. The van der Waals surface area contributed by atoms with Crippen LogP contribution in [0.2, 0.25) is 0 Å². The van der Waals surface area contributed by atoms with Crippen molar-refractivity contribution in [3.63, 3.8) is 0 Å². The SMILES string of the molecule is O=C([O-])[C@H]1c2ccccc2C(=O)N(Cc2ccc(F)cc2)[C@@H]1c1cccnc1. The van der Waals surface area contributed by atoms with Crippen molar-refractivity contribution in [2.45, 2.75) is 18.5 Å². The Labute approximate surface area is 161 Å². The summed E-state index contributed by atoms with van der Waals surface area (Å²) in [4.78, 5) is 31.0. The second kappa shape index (κ2) is 7.23. The zero-order valence-electron chi connectivity index (χ0n) is 14.8. The molecule has 0 saturated carbocycles. The summed E-state index contributed by atoms with van der Waals surface area (Å²) in [6.07, 6.45) is 3.14. The molecule has 0 bridgehead atoms. The number of carbonyl (C=O) groups is 2. The summed E-state index contributed by atoms with van der Waals surface area (Å²) in [6.45, 7) is 0.136. The van der Waals surface area contributed by atoms with Gasteiger partial charge in [-0.2, -0.15) is 0 Å². The van der Waals surface area contributed by atoms with Crippen molar-refractivity contribution in [2.24, 2.45) is 0 Å². The first-order chi connectivity index (χ1) is 13.6. The molecule has 28 heavy (non-hydrogen) atoms. The molecule has 0 saturated heterocycles. The lowest BCUT2D eigenvalue weighted by Gasteiger charge is -2.42. The molecule has 2 atom stereocenters. The molecule has 1 amide bonds. The minimum atomic E-state index is -1.27. The van der Waals surface area contributed by atoms with E-state index in [1.165, 1.54) is 17.0 Å². The van der Waals surface area contributed by atoms with Crippen molar-refractivity contribution in [3.8, 4) is 0 Å². The van der Waals surface area contributed by atoms with Crippen molar-refractivity contribution in [1.82, 2.24) is 9.88 Å². The Morgan fingerprint density at radius 3 is 2.50 bits per heavy atom. The van der Waals surface area contributed by atoms with Crippen molar-refractivity contribution in [2.75, 3.05) is 0 Å². The third kappa shape index (κ3) is 3.13. The van der Waals surface area contributed by atoms with Crippen LogP contribution in [0.1, 0.15) is 39.0 Å². The first kappa shape index (κ1) is 17.9. The monoisotopic (exact) mass is 375 g/mol. The van der Waals surface area contributed by atoms with Gasteiger partial charge in [0.1, 0.15) is 5.82 Å². The number of hydrogen-bond donors (Lipinski definition) is 0. The highest BCUT2D eigenvalue weighted by atomic mass is 19.1. The number of rotatable bonds is 4. The molecule has 5 nitrogen and oxygen atoms in total. The number of nitrogens with zero attached hydrogens (tertiary/aromatic N) is 2. The van der Waals surface area contributed by atoms with Gasteiger partial charge in [-0.25, -0.2) is 4.39 Å². The maximum atomic E-state index is 13.3. The molecule has 4 rings (SSSR count). The van der Waals surface area contributed by atoms with E-state index in [2.05, 4.69) is 4.98 Å². The fraction of sp³-hybridized carbons (Fsp3) is 0.136. The van der Waals surface area contributed by atoms with Crippen LogP contribution in [0.4, 0.5) is 4.39 Å². The van der Waals surface area contributed by atoms with Crippen molar-refractivity contribution in [3.05, 3.63) is 101 Å². The Hall–Kier alpha value is -3.54. The first-order valence-corrected chi connectivity index (χ1v) is 8.81. The number of benzene rings is 2. The lowest BCUT2D eigenvalue weighted by Crippen LogP contribution is -2.47. The highest BCUT2D eigenvalue weighted by molar-refractivity contribution is 6.00. The largest absolute Gasteiger partial charge is 0.549 e. The molecule has 1 aliphatic rings. The van der Waals surface area contributed by atoms with Gasteiger partial charge >= 0.3 is 0 Å². The average Bonchev–Trinajstić information content (AvgIpc) is 2.71. The van der Waals surface area contributed by atoms with Crippen LogP contribution in [0.15, 0.2) is 73.1 Å². The van der Waals surface area contributed by atoms with E-state index in [-0.39, 0.29) is 18.3 Å². The summed E-state index contributed by atoms with van der Waals surface area (Å²) in [7, 11) is 0. The normalized spacial score (nSPS) is 18.6. The fourth-order valence-corrected chi connectivity index (χ4v) is 3.73. The van der Waals surface area contributed by atoms with E-state index in [9.17, 15) is 19.1 Å². The molecule has 1 aromatic heterocycles. The van der Waals surface area contributed by atoms with Crippen LogP contribution in [0.25, 0.3) is 0 Å². The molecule has 2 heterocycles. The van der Waals surface area contributed by atoms with Gasteiger partial charge in [-0.1, -0.05) is 36.4 Å². The van der Waals surface area contributed by atoms with E-state index in [0.717, 1.165) is 0 Å².